The minimum absolute atomic E-state index is 0.102. The predicted molar refractivity (Wildman–Crippen MR) is 96.7 cm³/mol. The number of aromatic nitrogens is 2. The fourth-order valence-electron chi connectivity index (χ4n) is 3.12. The molecule has 7 heteroatoms. The Bertz CT molecular complexity index is 810. The zero-order valence-corrected chi connectivity index (χ0v) is 14.7. The van der Waals surface area contributed by atoms with Gasteiger partial charge in [-0.05, 0) is 18.9 Å². The van der Waals surface area contributed by atoms with E-state index in [1.54, 1.807) is 13.3 Å². The standard InChI is InChI=1S/C19H21N5O2/c1-26-17-5-3-2-4-14(17)12-18(25)24-10-6-15(7-11-24)23-19-16(13-20)21-8-9-22-19/h2-5,8-9,15H,6-7,10-12H2,1H3,(H,22,23). The fourth-order valence-corrected chi connectivity index (χ4v) is 3.12. The molecule has 1 aliphatic rings. The largest absolute Gasteiger partial charge is 0.496 e. The second kappa shape index (κ2) is 8.30. The van der Waals surface area contributed by atoms with E-state index in [0.29, 0.717) is 31.0 Å². The molecule has 1 N–H and O–H groups in total. The number of methoxy groups -OCH3 is 1. The number of benzene rings is 1. The number of carbonyl (C=O) groups is 1. The molecule has 0 unspecified atom stereocenters. The smallest absolute Gasteiger partial charge is 0.227 e. The Balaban J connectivity index is 1.55. The molecule has 0 saturated carbocycles. The number of carbonyl (C=O) groups excluding carboxylic acids is 1. The zero-order chi connectivity index (χ0) is 18.4. The van der Waals surface area contributed by atoms with Crippen molar-refractivity contribution in [1.29, 1.82) is 5.26 Å². The number of para-hydroxylation sites is 1. The number of hydrogen-bond acceptors (Lipinski definition) is 6. The lowest BCUT2D eigenvalue weighted by Crippen LogP contribution is -2.43. The van der Waals surface area contributed by atoms with Crippen molar-refractivity contribution in [2.75, 3.05) is 25.5 Å². The van der Waals surface area contributed by atoms with E-state index < -0.39 is 0 Å². The average Bonchev–Trinajstić information content (AvgIpc) is 2.69. The summed E-state index contributed by atoms with van der Waals surface area (Å²) in [5, 5.41) is 12.4. The lowest BCUT2D eigenvalue weighted by Gasteiger charge is -2.32. The van der Waals surface area contributed by atoms with Gasteiger partial charge in [-0.15, -0.1) is 0 Å². The first kappa shape index (κ1) is 17.7. The van der Waals surface area contributed by atoms with Crippen LogP contribution in [0, 0.1) is 11.3 Å². The third-order valence-electron chi connectivity index (χ3n) is 4.53. The van der Waals surface area contributed by atoms with Crippen molar-refractivity contribution in [2.45, 2.75) is 25.3 Å². The van der Waals surface area contributed by atoms with Crippen molar-refractivity contribution in [3.8, 4) is 11.8 Å². The predicted octanol–water partition coefficient (Wildman–Crippen LogP) is 2.00. The van der Waals surface area contributed by atoms with Gasteiger partial charge in [0.2, 0.25) is 5.91 Å². The summed E-state index contributed by atoms with van der Waals surface area (Å²) in [7, 11) is 1.61. The van der Waals surface area contributed by atoms with Crippen molar-refractivity contribution < 1.29 is 9.53 Å². The molecule has 0 aliphatic carbocycles. The first-order valence-electron chi connectivity index (χ1n) is 8.58. The normalized spacial score (nSPS) is 14.5. The summed E-state index contributed by atoms with van der Waals surface area (Å²) >= 11 is 0. The van der Waals surface area contributed by atoms with Crippen LogP contribution in [0.15, 0.2) is 36.7 Å². The number of piperidine rings is 1. The number of nitriles is 1. The van der Waals surface area contributed by atoms with Gasteiger partial charge in [0.1, 0.15) is 11.8 Å². The van der Waals surface area contributed by atoms with Crippen LogP contribution in [0.25, 0.3) is 0 Å². The SMILES string of the molecule is COc1ccccc1CC(=O)N1CCC(Nc2nccnc2C#N)CC1. The molecule has 1 aromatic carbocycles. The van der Waals surface area contributed by atoms with Crippen LogP contribution in [0.1, 0.15) is 24.1 Å². The monoisotopic (exact) mass is 351 g/mol. The van der Waals surface area contributed by atoms with Crippen molar-refractivity contribution in [3.05, 3.63) is 47.9 Å². The summed E-state index contributed by atoms with van der Waals surface area (Å²) in [4.78, 5) is 22.7. The molecule has 26 heavy (non-hydrogen) atoms. The summed E-state index contributed by atoms with van der Waals surface area (Å²) in [5.74, 6) is 1.35. The highest BCUT2D eigenvalue weighted by Gasteiger charge is 2.24. The minimum atomic E-state index is 0.102. The van der Waals surface area contributed by atoms with Gasteiger partial charge >= 0.3 is 0 Å². The van der Waals surface area contributed by atoms with E-state index in [0.717, 1.165) is 24.2 Å². The molecule has 1 aromatic heterocycles. The maximum Gasteiger partial charge on any atom is 0.227 e. The Morgan fingerprint density at radius 3 is 2.77 bits per heavy atom. The Kier molecular flexibility index (Phi) is 5.64. The van der Waals surface area contributed by atoms with Gasteiger partial charge in [0.05, 0.1) is 13.5 Å². The Morgan fingerprint density at radius 2 is 2.04 bits per heavy atom. The van der Waals surface area contributed by atoms with Crippen LogP contribution in [0.4, 0.5) is 5.82 Å². The van der Waals surface area contributed by atoms with E-state index in [9.17, 15) is 4.79 Å². The Morgan fingerprint density at radius 1 is 1.31 bits per heavy atom. The zero-order valence-electron chi connectivity index (χ0n) is 14.7. The molecule has 1 amide bonds. The highest BCUT2D eigenvalue weighted by Crippen LogP contribution is 2.21. The van der Waals surface area contributed by atoms with Crippen molar-refractivity contribution in [3.63, 3.8) is 0 Å². The number of anilines is 1. The van der Waals surface area contributed by atoms with Gasteiger partial charge in [-0.2, -0.15) is 5.26 Å². The van der Waals surface area contributed by atoms with Gasteiger partial charge < -0.3 is 15.0 Å². The fraction of sp³-hybridized carbons (Fsp3) is 0.368. The summed E-state index contributed by atoms with van der Waals surface area (Å²) in [6.45, 7) is 1.35. The molecule has 0 bridgehead atoms. The summed E-state index contributed by atoms with van der Waals surface area (Å²) in [6, 6.07) is 9.81. The maximum absolute atomic E-state index is 12.6. The van der Waals surface area contributed by atoms with Gasteiger partial charge in [-0.1, -0.05) is 18.2 Å². The van der Waals surface area contributed by atoms with Crippen molar-refractivity contribution in [1.82, 2.24) is 14.9 Å². The van der Waals surface area contributed by atoms with Crippen LogP contribution in [0.5, 0.6) is 5.75 Å². The quantitative estimate of drug-likeness (QED) is 0.886. The highest BCUT2D eigenvalue weighted by molar-refractivity contribution is 5.79. The number of hydrogen-bond donors (Lipinski definition) is 1. The van der Waals surface area contributed by atoms with E-state index >= 15 is 0 Å². The van der Waals surface area contributed by atoms with E-state index in [-0.39, 0.29) is 11.9 Å². The molecule has 134 valence electrons. The minimum Gasteiger partial charge on any atom is -0.496 e. The van der Waals surface area contributed by atoms with Crippen LogP contribution in [0.3, 0.4) is 0 Å². The first-order valence-corrected chi connectivity index (χ1v) is 8.58. The number of ether oxygens (including phenoxy) is 1. The van der Waals surface area contributed by atoms with E-state index in [1.807, 2.05) is 35.2 Å². The molecule has 7 nitrogen and oxygen atoms in total. The van der Waals surface area contributed by atoms with Crippen LogP contribution in [-0.4, -0.2) is 47.0 Å². The molecule has 0 spiro atoms. The first-order chi connectivity index (χ1) is 12.7. The molecule has 2 aromatic rings. The molecule has 1 saturated heterocycles. The summed E-state index contributed by atoms with van der Waals surface area (Å²) < 4.78 is 5.32. The molecular formula is C19H21N5O2. The number of nitrogens with zero attached hydrogens (tertiary/aromatic N) is 4. The van der Waals surface area contributed by atoms with Crippen molar-refractivity contribution >= 4 is 11.7 Å². The lowest BCUT2D eigenvalue weighted by atomic mass is 10.0. The second-order valence-electron chi connectivity index (χ2n) is 6.15. The molecule has 2 heterocycles. The van der Waals surface area contributed by atoms with Crippen LogP contribution in [-0.2, 0) is 11.2 Å². The van der Waals surface area contributed by atoms with Crippen LogP contribution < -0.4 is 10.1 Å². The van der Waals surface area contributed by atoms with Crippen LogP contribution >= 0.6 is 0 Å². The maximum atomic E-state index is 12.6. The van der Waals surface area contributed by atoms with Gasteiger partial charge in [0.25, 0.3) is 0 Å². The van der Waals surface area contributed by atoms with Gasteiger partial charge in [-0.25, -0.2) is 9.97 Å². The third-order valence-corrected chi connectivity index (χ3v) is 4.53. The molecular weight excluding hydrogens is 330 g/mol. The van der Waals surface area contributed by atoms with E-state index in [4.69, 9.17) is 10.00 Å². The second-order valence-corrected chi connectivity index (χ2v) is 6.15. The summed E-state index contributed by atoms with van der Waals surface area (Å²) in [5.41, 5.74) is 1.20. The molecule has 0 atom stereocenters. The summed E-state index contributed by atoms with van der Waals surface area (Å²) in [6.07, 6.45) is 5.01. The topological polar surface area (TPSA) is 91.1 Å². The van der Waals surface area contributed by atoms with E-state index in [1.165, 1.54) is 6.20 Å². The number of amides is 1. The van der Waals surface area contributed by atoms with Gasteiger partial charge in [-0.3, -0.25) is 4.79 Å². The van der Waals surface area contributed by atoms with Crippen LogP contribution in [0.2, 0.25) is 0 Å². The molecule has 0 radical (unpaired) electrons. The van der Waals surface area contributed by atoms with Crippen molar-refractivity contribution in [2.24, 2.45) is 0 Å². The molecule has 3 rings (SSSR count). The van der Waals surface area contributed by atoms with Gasteiger partial charge in [0, 0.05) is 37.1 Å². The number of nitrogens with one attached hydrogen (secondary N) is 1. The van der Waals surface area contributed by atoms with E-state index in [2.05, 4.69) is 15.3 Å². The molecule has 1 aliphatic heterocycles. The number of rotatable bonds is 5. The Labute approximate surface area is 152 Å². The van der Waals surface area contributed by atoms with Gasteiger partial charge in [0.15, 0.2) is 11.5 Å². The molecule has 1 fully saturated rings. The number of likely N-dealkylation sites (tertiary alicyclic amines) is 1. The average molecular weight is 351 g/mol. The Hall–Kier alpha value is -3.14. The lowest BCUT2D eigenvalue weighted by molar-refractivity contribution is -0.131. The highest BCUT2D eigenvalue weighted by atomic mass is 16.5. The third kappa shape index (κ3) is 4.09.